The van der Waals surface area contributed by atoms with Crippen molar-refractivity contribution < 1.29 is 18.3 Å². The maximum atomic E-state index is 13.7. The number of aromatic amines is 1. The zero-order valence-electron chi connectivity index (χ0n) is 10.9. The lowest BCUT2D eigenvalue weighted by molar-refractivity contribution is -0.221. The number of alkyl halides is 2. The van der Waals surface area contributed by atoms with Gasteiger partial charge in [0, 0.05) is 23.6 Å². The third kappa shape index (κ3) is 1.69. The first-order valence-electron chi connectivity index (χ1n) is 6.48. The van der Waals surface area contributed by atoms with Crippen LogP contribution in [0.4, 0.5) is 8.78 Å². The molecule has 19 heavy (non-hydrogen) atoms. The minimum absolute atomic E-state index is 0.0854. The van der Waals surface area contributed by atoms with Gasteiger partial charge in [-0.05, 0) is 25.2 Å². The van der Waals surface area contributed by atoms with E-state index in [1.807, 2.05) is 6.92 Å². The smallest absolute Gasteiger partial charge is 0.359 e. The number of hydrogen-bond donors (Lipinski definition) is 1. The van der Waals surface area contributed by atoms with Gasteiger partial charge in [0.05, 0.1) is 6.61 Å². The van der Waals surface area contributed by atoms with Gasteiger partial charge < -0.3 is 4.74 Å². The lowest BCUT2D eigenvalue weighted by atomic mass is 9.52. The van der Waals surface area contributed by atoms with E-state index in [-0.39, 0.29) is 30.6 Å². The maximum Gasteiger partial charge on any atom is 0.359 e. The second-order valence-corrected chi connectivity index (χ2v) is 5.78. The molecule has 1 N–H and O–H groups in total. The van der Waals surface area contributed by atoms with Crippen LogP contribution in [0.1, 0.15) is 42.0 Å². The molecule has 6 heteroatoms. The minimum Gasteiger partial charge on any atom is -0.461 e. The molecule has 1 fully saturated rings. The van der Waals surface area contributed by atoms with Crippen molar-refractivity contribution in [2.75, 3.05) is 6.61 Å². The van der Waals surface area contributed by atoms with Gasteiger partial charge >= 0.3 is 5.97 Å². The van der Waals surface area contributed by atoms with E-state index in [1.54, 1.807) is 6.92 Å². The third-order valence-electron chi connectivity index (χ3n) is 4.40. The molecule has 2 aliphatic carbocycles. The number of ether oxygens (including phenoxy) is 1. The van der Waals surface area contributed by atoms with Crippen LogP contribution >= 0.6 is 0 Å². The molecular weight excluding hydrogens is 254 g/mol. The van der Waals surface area contributed by atoms with Gasteiger partial charge in [0.25, 0.3) is 5.92 Å². The third-order valence-corrected chi connectivity index (χ3v) is 4.40. The quantitative estimate of drug-likeness (QED) is 0.839. The predicted octanol–water partition coefficient (Wildman–Crippen LogP) is 2.35. The van der Waals surface area contributed by atoms with Crippen molar-refractivity contribution >= 4 is 5.97 Å². The number of nitrogens with zero attached hydrogens (tertiary/aromatic N) is 1. The normalized spacial score (nSPS) is 31.1. The Morgan fingerprint density at radius 1 is 1.58 bits per heavy atom. The van der Waals surface area contributed by atoms with Crippen LogP contribution in [0.5, 0.6) is 0 Å². The summed E-state index contributed by atoms with van der Waals surface area (Å²) in [6, 6.07) is 0. The molecule has 1 heterocycles. The highest BCUT2D eigenvalue weighted by Gasteiger charge is 2.64. The first-order valence-corrected chi connectivity index (χ1v) is 6.48. The molecule has 0 spiro atoms. The average molecular weight is 270 g/mol. The van der Waals surface area contributed by atoms with E-state index in [2.05, 4.69) is 10.2 Å². The van der Waals surface area contributed by atoms with Gasteiger partial charge in [0.15, 0.2) is 5.69 Å². The number of aromatic nitrogens is 2. The Morgan fingerprint density at radius 2 is 2.32 bits per heavy atom. The van der Waals surface area contributed by atoms with Crippen molar-refractivity contribution in [1.29, 1.82) is 0 Å². The van der Waals surface area contributed by atoms with E-state index in [1.165, 1.54) is 0 Å². The first-order chi connectivity index (χ1) is 8.87. The molecule has 0 aliphatic heterocycles. The lowest BCUT2D eigenvalue weighted by Crippen LogP contribution is -2.58. The molecule has 0 aromatic carbocycles. The summed E-state index contributed by atoms with van der Waals surface area (Å²) in [5, 5.41) is 6.75. The first kappa shape index (κ1) is 12.6. The van der Waals surface area contributed by atoms with Crippen LogP contribution < -0.4 is 0 Å². The molecule has 3 rings (SSSR count). The molecule has 104 valence electrons. The van der Waals surface area contributed by atoms with E-state index in [0.29, 0.717) is 12.0 Å². The fourth-order valence-electron chi connectivity index (χ4n) is 3.49. The Bertz CT molecular complexity index is 541. The van der Waals surface area contributed by atoms with Crippen molar-refractivity contribution in [1.82, 2.24) is 10.2 Å². The van der Waals surface area contributed by atoms with Gasteiger partial charge in [-0.1, -0.05) is 6.92 Å². The van der Waals surface area contributed by atoms with E-state index < -0.39 is 17.8 Å². The number of rotatable bonds is 2. The van der Waals surface area contributed by atoms with Crippen LogP contribution in [0, 0.1) is 11.3 Å². The highest BCUT2D eigenvalue weighted by atomic mass is 19.3. The molecular formula is C13H16F2N2O2. The number of fused-ring (bicyclic) bond motifs is 2. The zero-order valence-corrected chi connectivity index (χ0v) is 10.9. The van der Waals surface area contributed by atoms with Crippen LogP contribution in [0.2, 0.25) is 0 Å². The SMILES string of the molecule is CCOC(=O)c1n[nH]c2c1C[C@H]1C(F)(F)C[C@@]1(C)C2. The summed E-state index contributed by atoms with van der Waals surface area (Å²) in [5.41, 5.74) is 1.20. The van der Waals surface area contributed by atoms with E-state index in [9.17, 15) is 13.6 Å². The largest absolute Gasteiger partial charge is 0.461 e. The summed E-state index contributed by atoms with van der Waals surface area (Å²) in [4.78, 5) is 11.7. The Morgan fingerprint density at radius 3 is 2.95 bits per heavy atom. The number of nitrogens with one attached hydrogen (secondary N) is 1. The molecule has 0 unspecified atom stereocenters. The van der Waals surface area contributed by atoms with Crippen LogP contribution in [0.3, 0.4) is 0 Å². The number of hydrogen-bond acceptors (Lipinski definition) is 3. The second-order valence-electron chi connectivity index (χ2n) is 5.78. The van der Waals surface area contributed by atoms with Crippen molar-refractivity contribution in [2.24, 2.45) is 11.3 Å². The Hall–Kier alpha value is -1.46. The standard InChI is InChI=1S/C13H16F2N2O2/c1-3-19-11(18)10-7-4-9-12(2,6-13(9,14)15)5-8(7)16-17-10/h9H,3-6H2,1-2H3,(H,16,17)/t9-,12-/m1/s1. The number of esters is 1. The van der Waals surface area contributed by atoms with Gasteiger partial charge in [-0.2, -0.15) is 5.10 Å². The fraction of sp³-hybridized carbons (Fsp3) is 0.692. The van der Waals surface area contributed by atoms with Gasteiger partial charge in [0.1, 0.15) is 0 Å². The Kier molecular flexibility index (Phi) is 2.50. The topological polar surface area (TPSA) is 55.0 Å². The summed E-state index contributed by atoms with van der Waals surface area (Å²) in [6.45, 7) is 3.83. The van der Waals surface area contributed by atoms with Crippen molar-refractivity contribution in [3.63, 3.8) is 0 Å². The second kappa shape index (κ2) is 3.77. The number of halogens is 2. The lowest BCUT2D eigenvalue weighted by Gasteiger charge is -2.55. The number of H-pyrrole nitrogens is 1. The summed E-state index contributed by atoms with van der Waals surface area (Å²) in [7, 11) is 0. The van der Waals surface area contributed by atoms with Gasteiger partial charge in [-0.25, -0.2) is 13.6 Å². The Balaban J connectivity index is 1.93. The van der Waals surface area contributed by atoms with E-state index >= 15 is 0 Å². The monoisotopic (exact) mass is 270 g/mol. The summed E-state index contributed by atoms with van der Waals surface area (Å²) >= 11 is 0. The van der Waals surface area contributed by atoms with Gasteiger partial charge in [-0.3, -0.25) is 5.10 Å². The molecule has 0 amide bonds. The molecule has 0 radical (unpaired) electrons. The molecule has 2 aliphatic rings. The highest BCUT2D eigenvalue weighted by molar-refractivity contribution is 5.89. The van der Waals surface area contributed by atoms with Crippen molar-refractivity contribution in [2.45, 2.75) is 39.0 Å². The maximum absolute atomic E-state index is 13.7. The molecule has 0 saturated heterocycles. The van der Waals surface area contributed by atoms with E-state index in [4.69, 9.17) is 4.74 Å². The van der Waals surface area contributed by atoms with E-state index in [0.717, 1.165) is 5.69 Å². The molecule has 2 atom stereocenters. The molecule has 1 aromatic rings. The zero-order chi connectivity index (χ0) is 13.8. The molecule has 1 aromatic heterocycles. The van der Waals surface area contributed by atoms with Crippen molar-refractivity contribution in [3.05, 3.63) is 17.0 Å². The Labute approximate surface area is 109 Å². The molecule has 0 bridgehead atoms. The molecule has 4 nitrogen and oxygen atoms in total. The van der Waals surface area contributed by atoms with Crippen LogP contribution in [-0.2, 0) is 17.6 Å². The number of carbonyl (C=O) groups is 1. The van der Waals surface area contributed by atoms with Crippen LogP contribution in [-0.4, -0.2) is 28.7 Å². The predicted molar refractivity (Wildman–Crippen MR) is 63.1 cm³/mol. The molecule has 1 saturated carbocycles. The van der Waals surface area contributed by atoms with Crippen molar-refractivity contribution in [3.8, 4) is 0 Å². The average Bonchev–Trinajstić information content (AvgIpc) is 2.68. The van der Waals surface area contributed by atoms with Gasteiger partial charge in [0.2, 0.25) is 0 Å². The van der Waals surface area contributed by atoms with Crippen LogP contribution in [0.15, 0.2) is 0 Å². The summed E-state index contributed by atoms with van der Waals surface area (Å²) in [6.07, 6.45) is 0.635. The van der Waals surface area contributed by atoms with Crippen LogP contribution in [0.25, 0.3) is 0 Å². The summed E-state index contributed by atoms with van der Waals surface area (Å²) < 4.78 is 32.2. The van der Waals surface area contributed by atoms with Gasteiger partial charge in [-0.15, -0.1) is 0 Å². The highest BCUT2D eigenvalue weighted by Crippen LogP contribution is 2.61. The fourth-order valence-corrected chi connectivity index (χ4v) is 3.49. The minimum atomic E-state index is -2.63. The summed E-state index contributed by atoms with van der Waals surface area (Å²) in [5.74, 6) is -3.86. The number of carbonyl (C=O) groups excluding carboxylic acids is 1.